The predicted octanol–water partition coefficient (Wildman–Crippen LogP) is 4.41. The third kappa shape index (κ3) is 3.04. The average molecular weight is 464 g/mol. The third-order valence-electron chi connectivity index (χ3n) is 7.41. The Balaban J connectivity index is 1.60. The van der Waals surface area contributed by atoms with E-state index in [9.17, 15) is 10.1 Å². The molecule has 0 aliphatic heterocycles. The largest absolute Gasteiger partial charge is 0.333 e. The van der Waals surface area contributed by atoms with Crippen LogP contribution in [-0.2, 0) is 19.0 Å². The van der Waals surface area contributed by atoms with E-state index in [1.807, 2.05) is 49.3 Å². The molecule has 1 aliphatic carbocycles. The molecule has 0 atom stereocenters. The van der Waals surface area contributed by atoms with Gasteiger partial charge in [-0.3, -0.25) is 23.8 Å². The van der Waals surface area contributed by atoms with Gasteiger partial charge in [-0.05, 0) is 62.4 Å². The molecule has 0 N–H and O–H groups in total. The molecule has 174 valence electrons. The molecule has 0 unspecified atom stereocenters. The minimum absolute atomic E-state index is 0.136. The zero-order chi connectivity index (χ0) is 24.3. The topological polar surface area (TPSA) is 94.3 Å². The standard InChI is InChI=1S/C27H25N7O/c1-4-33-15-24(17(2)31-33)34-25-21-11-18(6-7-22(21)30-14-23(25)32(3)26(34)35)19-10-20(13-29-12-19)27(16-28)8-5-9-27/h6-7,10-15H,4-5,8-9H2,1-3H3. The van der Waals surface area contributed by atoms with E-state index >= 15 is 0 Å². The molecule has 1 fully saturated rings. The van der Waals surface area contributed by atoms with Gasteiger partial charge < -0.3 is 0 Å². The maximum atomic E-state index is 13.4. The van der Waals surface area contributed by atoms with Crippen molar-refractivity contribution >= 4 is 21.9 Å². The third-order valence-corrected chi connectivity index (χ3v) is 7.41. The molecule has 0 radical (unpaired) electrons. The molecule has 8 heteroatoms. The zero-order valence-electron chi connectivity index (χ0n) is 20.0. The van der Waals surface area contributed by atoms with E-state index in [0.29, 0.717) is 0 Å². The van der Waals surface area contributed by atoms with Gasteiger partial charge in [0, 0.05) is 43.1 Å². The Kier molecular flexibility index (Phi) is 4.65. The number of nitriles is 1. The number of fused-ring (bicyclic) bond motifs is 3. The highest BCUT2D eigenvalue weighted by Crippen LogP contribution is 2.43. The Labute approximate surface area is 202 Å². The SMILES string of the molecule is CCn1cc(-n2c(=O)n(C)c3cnc4ccc(-c5cncc(C6(C#N)CCC6)c5)cc4c32)c(C)n1. The van der Waals surface area contributed by atoms with Gasteiger partial charge in [0.15, 0.2) is 0 Å². The fourth-order valence-corrected chi connectivity index (χ4v) is 5.14. The summed E-state index contributed by atoms with van der Waals surface area (Å²) in [5, 5.41) is 15.2. The molecule has 0 amide bonds. The smallest absolute Gasteiger partial charge is 0.293 e. The summed E-state index contributed by atoms with van der Waals surface area (Å²) >= 11 is 0. The second-order valence-electron chi connectivity index (χ2n) is 9.37. The van der Waals surface area contributed by atoms with Crippen LogP contribution in [0.4, 0.5) is 0 Å². The second-order valence-corrected chi connectivity index (χ2v) is 9.37. The van der Waals surface area contributed by atoms with Crippen molar-refractivity contribution in [2.45, 2.75) is 45.1 Å². The molecule has 1 aromatic carbocycles. The van der Waals surface area contributed by atoms with E-state index in [0.717, 1.165) is 75.8 Å². The molecule has 5 aromatic rings. The van der Waals surface area contributed by atoms with E-state index < -0.39 is 5.41 Å². The Morgan fingerprint density at radius 3 is 2.66 bits per heavy atom. The average Bonchev–Trinajstić information content (AvgIpc) is 3.35. The number of aryl methyl sites for hydroxylation is 3. The van der Waals surface area contributed by atoms with Gasteiger partial charge >= 0.3 is 5.69 Å². The molecule has 1 saturated carbocycles. The normalized spacial score (nSPS) is 14.8. The number of aromatic nitrogens is 6. The van der Waals surface area contributed by atoms with E-state index in [-0.39, 0.29) is 5.69 Å². The second kappa shape index (κ2) is 7.64. The van der Waals surface area contributed by atoms with E-state index in [1.165, 1.54) is 0 Å². The monoisotopic (exact) mass is 463 g/mol. The van der Waals surface area contributed by atoms with Crippen LogP contribution in [0.3, 0.4) is 0 Å². The molecule has 1 aliphatic rings. The van der Waals surface area contributed by atoms with Crippen LogP contribution >= 0.6 is 0 Å². The number of imidazole rings is 1. The van der Waals surface area contributed by atoms with Crippen LogP contribution in [0.5, 0.6) is 0 Å². The number of rotatable bonds is 4. The number of nitrogens with zero attached hydrogens (tertiary/aromatic N) is 7. The first-order valence-electron chi connectivity index (χ1n) is 11.9. The fourth-order valence-electron chi connectivity index (χ4n) is 5.14. The van der Waals surface area contributed by atoms with Crippen molar-refractivity contribution in [2.75, 3.05) is 0 Å². The van der Waals surface area contributed by atoms with Crippen LogP contribution in [0.15, 0.2) is 53.8 Å². The first kappa shape index (κ1) is 21.3. The molecule has 4 heterocycles. The van der Waals surface area contributed by atoms with Gasteiger partial charge in [-0.25, -0.2) is 4.79 Å². The summed E-state index contributed by atoms with van der Waals surface area (Å²) in [5.74, 6) is 0. The molecule has 4 aromatic heterocycles. The van der Waals surface area contributed by atoms with Gasteiger partial charge in [-0.1, -0.05) is 6.07 Å². The van der Waals surface area contributed by atoms with Crippen LogP contribution in [0.2, 0.25) is 0 Å². The summed E-state index contributed by atoms with van der Waals surface area (Å²) in [4.78, 5) is 22.5. The lowest BCUT2D eigenvalue weighted by Gasteiger charge is -2.35. The van der Waals surface area contributed by atoms with Gasteiger partial charge in [0.1, 0.15) is 0 Å². The van der Waals surface area contributed by atoms with Crippen molar-refractivity contribution in [3.05, 3.63) is 70.8 Å². The van der Waals surface area contributed by atoms with Gasteiger partial charge in [0.05, 0.1) is 45.6 Å². The maximum absolute atomic E-state index is 13.4. The van der Waals surface area contributed by atoms with Crippen LogP contribution < -0.4 is 5.69 Å². The fraction of sp³-hybridized carbons (Fsp3) is 0.296. The van der Waals surface area contributed by atoms with Crippen LogP contribution in [-0.4, -0.2) is 28.9 Å². The van der Waals surface area contributed by atoms with Crippen LogP contribution in [0.1, 0.15) is 37.4 Å². The van der Waals surface area contributed by atoms with Crippen molar-refractivity contribution in [2.24, 2.45) is 7.05 Å². The highest BCUT2D eigenvalue weighted by atomic mass is 16.1. The predicted molar refractivity (Wildman–Crippen MR) is 134 cm³/mol. The summed E-state index contributed by atoms with van der Waals surface area (Å²) < 4.78 is 5.21. The highest BCUT2D eigenvalue weighted by Gasteiger charge is 2.39. The van der Waals surface area contributed by atoms with Crippen molar-refractivity contribution in [1.29, 1.82) is 5.26 Å². The highest BCUT2D eigenvalue weighted by molar-refractivity contribution is 6.04. The first-order valence-corrected chi connectivity index (χ1v) is 11.9. The Morgan fingerprint density at radius 2 is 1.97 bits per heavy atom. The summed E-state index contributed by atoms with van der Waals surface area (Å²) in [6.45, 7) is 4.67. The minimum Gasteiger partial charge on any atom is -0.293 e. The lowest BCUT2D eigenvalue weighted by atomic mass is 9.66. The molecular formula is C27H25N7O. The van der Waals surface area contributed by atoms with Gasteiger partial charge in [0.25, 0.3) is 0 Å². The molecular weight excluding hydrogens is 438 g/mol. The van der Waals surface area contributed by atoms with Crippen molar-refractivity contribution in [1.82, 2.24) is 28.9 Å². The molecule has 0 bridgehead atoms. The Hall–Kier alpha value is -4.25. The van der Waals surface area contributed by atoms with Crippen LogP contribution in [0, 0.1) is 18.3 Å². The molecule has 35 heavy (non-hydrogen) atoms. The first-order chi connectivity index (χ1) is 17.0. The van der Waals surface area contributed by atoms with Crippen LogP contribution in [0.25, 0.3) is 38.8 Å². The van der Waals surface area contributed by atoms with Gasteiger partial charge in [0.2, 0.25) is 0 Å². The summed E-state index contributed by atoms with van der Waals surface area (Å²) in [7, 11) is 1.77. The molecule has 8 nitrogen and oxygen atoms in total. The Morgan fingerprint density at radius 1 is 1.14 bits per heavy atom. The number of pyridine rings is 2. The quantitative estimate of drug-likeness (QED) is 0.393. The molecule has 0 spiro atoms. The maximum Gasteiger partial charge on any atom is 0.333 e. The summed E-state index contributed by atoms with van der Waals surface area (Å²) in [6, 6.07) is 10.7. The minimum atomic E-state index is -0.425. The van der Waals surface area contributed by atoms with Gasteiger partial charge in [-0.2, -0.15) is 10.4 Å². The molecule has 0 saturated heterocycles. The summed E-state index contributed by atoms with van der Waals surface area (Å²) in [5.41, 5.74) is 6.26. The summed E-state index contributed by atoms with van der Waals surface area (Å²) in [6.07, 6.45) is 10.1. The van der Waals surface area contributed by atoms with E-state index in [1.54, 1.807) is 22.4 Å². The number of hydrogen-bond acceptors (Lipinski definition) is 5. The lowest BCUT2D eigenvalue weighted by molar-refractivity contribution is 0.323. The van der Waals surface area contributed by atoms with E-state index in [2.05, 4.69) is 33.3 Å². The number of hydrogen-bond donors (Lipinski definition) is 0. The lowest BCUT2D eigenvalue weighted by Crippen LogP contribution is -2.32. The number of benzene rings is 1. The van der Waals surface area contributed by atoms with Gasteiger partial charge in [-0.15, -0.1) is 0 Å². The van der Waals surface area contributed by atoms with Crippen molar-refractivity contribution in [3.8, 4) is 22.9 Å². The zero-order valence-corrected chi connectivity index (χ0v) is 20.0. The van der Waals surface area contributed by atoms with Crippen molar-refractivity contribution in [3.63, 3.8) is 0 Å². The molecule has 6 rings (SSSR count). The van der Waals surface area contributed by atoms with E-state index in [4.69, 9.17) is 0 Å². The van der Waals surface area contributed by atoms with Crippen molar-refractivity contribution < 1.29 is 0 Å². The Bertz CT molecular complexity index is 1730.